The molecule has 0 fully saturated rings. The van der Waals surface area contributed by atoms with Crippen molar-refractivity contribution in [2.45, 2.75) is 20.8 Å². The summed E-state index contributed by atoms with van der Waals surface area (Å²) in [5.74, 6) is 0.727. The topological polar surface area (TPSA) is 33.0 Å². The van der Waals surface area contributed by atoms with Gasteiger partial charge in [-0.25, -0.2) is 0 Å². The van der Waals surface area contributed by atoms with Crippen molar-refractivity contribution in [2.24, 2.45) is 0 Å². The van der Waals surface area contributed by atoms with E-state index < -0.39 is 0 Å². The largest absolute Gasteiger partial charge is 0.492 e. The summed E-state index contributed by atoms with van der Waals surface area (Å²) in [6, 6.07) is 6.08. The summed E-state index contributed by atoms with van der Waals surface area (Å²) in [5.41, 5.74) is 2.64. The molecule has 1 rings (SSSR count). The molecule has 0 radical (unpaired) electrons. The molecule has 0 heterocycles. The first kappa shape index (κ1) is 9.60. The predicted octanol–water partition coefficient (Wildman–Crippen LogP) is 2.57. The number of hydrogen-bond acceptors (Lipinski definition) is 2. The van der Waals surface area contributed by atoms with Crippen LogP contribution in [0, 0.1) is 25.2 Å². The van der Waals surface area contributed by atoms with Crippen LogP contribution in [0.15, 0.2) is 12.1 Å². The second-order valence-corrected chi connectivity index (χ2v) is 2.95. The summed E-state index contributed by atoms with van der Waals surface area (Å²) in [6.07, 6.45) is 0. The van der Waals surface area contributed by atoms with E-state index in [1.54, 1.807) is 0 Å². The van der Waals surface area contributed by atoms with Crippen molar-refractivity contribution in [3.8, 4) is 11.8 Å². The lowest BCUT2D eigenvalue weighted by atomic mass is 10.1. The van der Waals surface area contributed by atoms with Gasteiger partial charge in [0.1, 0.15) is 11.8 Å². The Balaban J connectivity index is 3.28. The second-order valence-electron chi connectivity index (χ2n) is 2.95. The lowest BCUT2D eigenvalue weighted by Gasteiger charge is -2.10. The highest BCUT2D eigenvalue weighted by Crippen LogP contribution is 2.25. The van der Waals surface area contributed by atoms with Gasteiger partial charge in [0, 0.05) is 0 Å². The van der Waals surface area contributed by atoms with Gasteiger partial charge in [0.25, 0.3) is 0 Å². The normalized spacial score (nSPS) is 9.38. The summed E-state index contributed by atoms with van der Waals surface area (Å²) in [6.45, 7) is 6.38. The smallest absolute Gasteiger partial charge is 0.140 e. The zero-order chi connectivity index (χ0) is 9.84. The van der Waals surface area contributed by atoms with E-state index in [1.807, 2.05) is 32.9 Å². The fourth-order valence-electron chi connectivity index (χ4n) is 1.25. The Bertz CT molecular complexity index is 350. The van der Waals surface area contributed by atoms with E-state index in [0.29, 0.717) is 12.2 Å². The van der Waals surface area contributed by atoms with Crippen molar-refractivity contribution < 1.29 is 4.74 Å². The van der Waals surface area contributed by atoms with Crippen molar-refractivity contribution in [3.05, 3.63) is 28.8 Å². The van der Waals surface area contributed by atoms with Crippen molar-refractivity contribution in [1.82, 2.24) is 0 Å². The molecule has 68 valence electrons. The Morgan fingerprint density at radius 2 is 1.92 bits per heavy atom. The van der Waals surface area contributed by atoms with E-state index in [2.05, 4.69) is 6.07 Å². The summed E-state index contributed by atoms with van der Waals surface area (Å²) in [4.78, 5) is 0. The van der Waals surface area contributed by atoms with Gasteiger partial charge in [0.05, 0.1) is 12.2 Å². The van der Waals surface area contributed by atoms with Gasteiger partial charge in [0.15, 0.2) is 0 Å². The Morgan fingerprint density at radius 3 is 2.46 bits per heavy atom. The fourth-order valence-corrected chi connectivity index (χ4v) is 1.25. The van der Waals surface area contributed by atoms with Gasteiger partial charge in [-0.3, -0.25) is 0 Å². The molecule has 0 amide bonds. The zero-order valence-electron chi connectivity index (χ0n) is 8.22. The Hall–Kier alpha value is -1.49. The molecule has 0 unspecified atom stereocenters. The van der Waals surface area contributed by atoms with E-state index in [9.17, 15) is 0 Å². The number of hydrogen-bond donors (Lipinski definition) is 0. The first-order valence-corrected chi connectivity index (χ1v) is 4.33. The van der Waals surface area contributed by atoms with Crippen LogP contribution in [0.4, 0.5) is 0 Å². The highest BCUT2D eigenvalue weighted by Gasteiger charge is 2.08. The molecule has 1 aromatic carbocycles. The predicted molar refractivity (Wildman–Crippen MR) is 51.8 cm³/mol. The molecular formula is C11H13NO. The van der Waals surface area contributed by atoms with Gasteiger partial charge in [-0.05, 0) is 31.9 Å². The van der Waals surface area contributed by atoms with Gasteiger partial charge in [0.2, 0.25) is 0 Å². The third-order valence-corrected chi connectivity index (χ3v) is 1.96. The SMILES string of the molecule is CCOc1c(C)ccc(C)c1C#N. The average molecular weight is 175 g/mol. The average Bonchev–Trinajstić information content (AvgIpc) is 2.12. The second kappa shape index (κ2) is 3.95. The molecule has 0 spiro atoms. The van der Waals surface area contributed by atoms with Gasteiger partial charge in [-0.2, -0.15) is 5.26 Å². The van der Waals surface area contributed by atoms with Crippen LogP contribution < -0.4 is 4.74 Å². The molecule has 0 aromatic heterocycles. The van der Waals surface area contributed by atoms with Gasteiger partial charge in [-0.1, -0.05) is 12.1 Å². The van der Waals surface area contributed by atoms with Crippen molar-refractivity contribution in [2.75, 3.05) is 6.61 Å². The van der Waals surface area contributed by atoms with Crippen LogP contribution in [0.25, 0.3) is 0 Å². The molecule has 0 bridgehead atoms. The summed E-state index contributed by atoms with van der Waals surface area (Å²) < 4.78 is 5.42. The quantitative estimate of drug-likeness (QED) is 0.692. The van der Waals surface area contributed by atoms with Crippen LogP contribution in [0.1, 0.15) is 23.6 Å². The Morgan fingerprint density at radius 1 is 1.31 bits per heavy atom. The third kappa shape index (κ3) is 1.81. The van der Waals surface area contributed by atoms with Crippen LogP contribution in [-0.2, 0) is 0 Å². The Labute approximate surface area is 78.8 Å². The molecule has 13 heavy (non-hydrogen) atoms. The minimum absolute atomic E-state index is 0.596. The number of benzene rings is 1. The number of ether oxygens (including phenoxy) is 1. The third-order valence-electron chi connectivity index (χ3n) is 1.96. The lowest BCUT2D eigenvalue weighted by molar-refractivity contribution is 0.336. The molecule has 0 saturated heterocycles. The minimum Gasteiger partial charge on any atom is -0.492 e. The standard InChI is InChI=1S/C11H13NO/c1-4-13-11-9(3)6-5-8(2)10(11)7-12/h5-6H,4H2,1-3H3. The van der Waals surface area contributed by atoms with Crippen LogP contribution in [-0.4, -0.2) is 6.61 Å². The molecular weight excluding hydrogens is 162 g/mol. The van der Waals surface area contributed by atoms with Crippen LogP contribution in [0.2, 0.25) is 0 Å². The van der Waals surface area contributed by atoms with E-state index >= 15 is 0 Å². The molecule has 2 nitrogen and oxygen atoms in total. The highest BCUT2D eigenvalue weighted by atomic mass is 16.5. The van der Waals surface area contributed by atoms with Crippen molar-refractivity contribution in [3.63, 3.8) is 0 Å². The number of nitrogens with zero attached hydrogens (tertiary/aromatic N) is 1. The van der Waals surface area contributed by atoms with E-state index in [-0.39, 0.29) is 0 Å². The van der Waals surface area contributed by atoms with Gasteiger partial charge >= 0.3 is 0 Å². The summed E-state index contributed by atoms with van der Waals surface area (Å²) >= 11 is 0. The summed E-state index contributed by atoms with van der Waals surface area (Å²) in [5, 5.41) is 8.92. The molecule has 0 atom stereocenters. The van der Waals surface area contributed by atoms with Crippen molar-refractivity contribution in [1.29, 1.82) is 5.26 Å². The molecule has 0 aliphatic rings. The maximum atomic E-state index is 8.92. The maximum absolute atomic E-state index is 8.92. The lowest BCUT2D eigenvalue weighted by Crippen LogP contribution is -1.98. The van der Waals surface area contributed by atoms with E-state index in [0.717, 1.165) is 16.9 Å². The summed E-state index contributed by atoms with van der Waals surface area (Å²) in [7, 11) is 0. The van der Waals surface area contributed by atoms with Crippen LogP contribution in [0.3, 0.4) is 0 Å². The fraction of sp³-hybridized carbons (Fsp3) is 0.364. The minimum atomic E-state index is 0.596. The monoisotopic (exact) mass is 175 g/mol. The first-order chi connectivity index (χ1) is 6.20. The van der Waals surface area contributed by atoms with Crippen LogP contribution in [0.5, 0.6) is 5.75 Å². The molecule has 0 aliphatic heterocycles. The number of rotatable bonds is 2. The number of nitriles is 1. The first-order valence-electron chi connectivity index (χ1n) is 4.33. The van der Waals surface area contributed by atoms with E-state index in [1.165, 1.54) is 0 Å². The molecule has 0 aliphatic carbocycles. The van der Waals surface area contributed by atoms with Crippen molar-refractivity contribution >= 4 is 0 Å². The number of aryl methyl sites for hydroxylation is 2. The zero-order valence-corrected chi connectivity index (χ0v) is 8.22. The van der Waals surface area contributed by atoms with Gasteiger partial charge < -0.3 is 4.74 Å². The van der Waals surface area contributed by atoms with Crippen LogP contribution >= 0.6 is 0 Å². The molecule has 0 saturated carbocycles. The molecule has 2 heteroatoms. The Kier molecular flexibility index (Phi) is 2.92. The maximum Gasteiger partial charge on any atom is 0.140 e. The van der Waals surface area contributed by atoms with E-state index in [4.69, 9.17) is 10.00 Å². The highest BCUT2D eigenvalue weighted by molar-refractivity contribution is 5.52. The molecule has 1 aromatic rings. The van der Waals surface area contributed by atoms with Gasteiger partial charge in [-0.15, -0.1) is 0 Å². The molecule has 0 N–H and O–H groups in total.